The van der Waals surface area contributed by atoms with Crippen molar-refractivity contribution in [1.29, 1.82) is 0 Å². The van der Waals surface area contributed by atoms with Crippen LogP contribution < -0.4 is 5.32 Å². The van der Waals surface area contributed by atoms with Crippen LogP contribution in [-0.2, 0) is 4.79 Å². The molecular formula is C15H18Cl2N2O3. The van der Waals surface area contributed by atoms with Gasteiger partial charge in [-0.3, -0.25) is 9.59 Å². The van der Waals surface area contributed by atoms with Crippen LogP contribution in [0.15, 0.2) is 18.2 Å². The zero-order valence-electron chi connectivity index (χ0n) is 12.2. The third-order valence-corrected chi connectivity index (χ3v) is 4.20. The van der Waals surface area contributed by atoms with Crippen LogP contribution in [0.2, 0.25) is 10.0 Å². The molecule has 0 bridgehead atoms. The van der Waals surface area contributed by atoms with Crippen molar-refractivity contribution in [1.82, 2.24) is 10.2 Å². The third kappa shape index (κ3) is 3.72. The Kier molecular flexibility index (Phi) is 5.67. The zero-order valence-corrected chi connectivity index (χ0v) is 13.7. The number of halogens is 2. The minimum absolute atomic E-state index is 0.146. The van der Waals surface area contributed by atoms with Gasteiger partial charge in [0, 0.05) is 17.6 Å². The molecular weight excluding hydrogens is 327 g/mol. The van der Waals surface area contributed by atoms with E-state index in [1.165, 1.54) is 11.0 Å². The van der Waals surface area contributed by atoms with E-state index in [0.29, 0.717) is 28.6 Å². The quantitative estimate of drug-likeness (QED) is 0.878. The van der Waals surface area contributed by atoms with Gasteiger partial charge in [-0.25, -0.2) is 0 Å². The summed E-state index contributed by atoms with van der Waals surface area (Å²) in [5, 5.41) is 12.4. The fraction of sp³-hybridized carbons (Fsp3) is 0.467. The van der Waals surface area contributed by atoms with Crippen molar-refractivity contribution in [2.45, 2.75) is 31.8 Å². The molecule has 0 radical (unpaired) electrons. The second kappa shape index (κ2) is 7.31. The van der Waals surface area contributed by atoms with Crippen molar-refractivity contribution < 1.29 is 14.7 Å². The number of hydrogen-bond acceptors (Lipinski definition) is 3. The highest BCUT2D eigenvalue weighted by Gasteiger charge is 2.35. The van der Waals surface area contributed by atoms with E-state index < -0.39 is 6.04 Å². The van der Waals surface area contributed by atoms with Gasteiger partial charge in [0.25, 0.3) is 5.91 Å². The molecule has 0 saturated carbocycles. The highest BCUT2D eigenvalue weighted by atomic mass is 35.5. The molecule has 2 amide bonds. The number of aliphatic hydroxyl groups excluding tert-OH is 1. The zero-order chi connectivity index (χ0) is 16.3. The number of carbonyl (C=O) groups excluding carboxylic acids is 2. The van der Waals surface area contributed by atoms with Crippen molar-refractivity contribution >= 4 is 35.0 Å². The summed E-state index contributed by atoms with van der Waals surface area (Å²) in [6.45, 7) is 2.05. The van der Waals surface area contributed by atoms with Gasteiger partial charge in [0.1, 0.15) is 6.04 Å². The monoisotopic (exact) mass is 344 g/mol. The van der Waals surface area contributed by atoms with Crippen LogP contribution in [0.25, 0.3) is 0 Å². The van der Waals surface area contributed by atoms with Gasteiger partial charge in [0.15, 0.2) is 0 Å². The Balaban J connectivity index is 2.17. The molecule has 1 aliphatic heterocycles. The third-order valence-electron chi connectivity index (χ3n) is 3.64. The first kappa shape index (κ1) is 17.1. The summed E-state index contributed by atoms with van der Waals surface area (Å²) in [4.78, 5) is 26.4. The summed E-state index contributed by atoms with van der Waals surface area (Å²) in [6, 6.07) is 3.79. The Morgan fingerprint density at radius 1 is 1.45 bits per heavy atom. The minimum atomic E-state index is -0.545. The van der Waals surface area contributed by atoms with Gasteiger partial charge in [0.05, 0.1) is 17.2 Å². The van der Waals surface area contributed by atoms with Gasteiger partial charge < -0.3 is 15.3 Å². The molecule has 0 aliphatic carbocycles. The van der Waals surface area contributed by atoms with Crippen molar-refractivity contribution in [2.75, 3.05) is 13.2 Å². The molecule has 5 nitrogen and oxygen atoms in total. The number of aliphatic hydroxyl groups is 1. The van der Waals surface area contributed by atoms with Crippen LogP contribution in [0.3, 0.4) is 0 Å². The van der Waals surface area contributed by atoms with E-state index in [0.717, 1.165) is 6.42 Å². The average molecular weight is 345 g/mol. The maximum absolute atomic E-state index is 12.6. The molecule has 1 aliphatic rings. The molecule has 0 spiro atoms. The minimum Gasteiger partial charge on any atom is -0.394 e. The smallest absolute Gasteiger partial charge is 0.256 e. The molecule has 2 unspecified atom stereocenters. The Morgan fingerprint density at radius 2 is 2.18 bits per heavy atom. The van der Waals surface area contributed by atoms with Gasteiger partial charge in [0.2, 0.25) is 5.91 Å². The number of nitrogens with one attached hydrogen (secondary N) is 1. The lowest BCUT2D eigenvalue weighted by Gasteiger charge is -2.25. The average Bonchev–Trinajstić information content (AvgIpc) is 2.98. The summed E-state index contributed by atoms with van der Waals surface area (Å²) in [5.74, 6) is -0.563. The van der Waals surface area contributed by atoms with E-state index in [4.69, 9.17) is 28.3 Å². The number of nitrogens with zero attached hydrogens (tertiary/aromatic N) is 1. The molecule has 7 heteroatoms. The Labute approximate surface area is 139 Å². The number of benzene rings is 1. The molecule has 1 aromatic carbocycles. The number of hydrogen-bond donors (Lipinski definition) is 2. The Morgan fingerprint density at radius 3 is 2.86 bits per heavy atom. The van der Waals surface area contributed by atoms with Crippen molar-refractivity contribution in [3.05, 3.63) is 33.8 Å². The maximum atomic E-state index is 12.6. The van der Waals surface area contributed by atoms with E-state index in [1.807, 2.05) is 0 Å². The molecule has 22 heavy (non-hydrogen) atoms. The summed E-state index contributed by atoms with van der Waals surface area (Å²) < 4.78 is 0. The topological polar surface area (TPSA) is 69.6 Å². The second-order valence-corrected chi connectivity index (χ2v) is 6.22. The second-order valence-electron chi connectivity index (χ2n) is 5.37. The molecule has 120 valence electrons. The molecule has 1 aromatic rings. The van der Waals surface area contributed by atoms with Crippen molar-refractivity contribution in [3.8, 4) is 0 Å². The van der Waals surface area contributed by atoms with Gasteiger partial charge in [-0.1, -0.05) is 23.2 Å². The summed E-state index contributed by atoms with van der Waals surface area (Å²) in [5.41, 5.74) is 0.295. The maximum Gasteiger partial charge on any atom is 0.256 e. The van der Waals surface area contributed by atoms with E-state index in [-0.39, 0.29) is 24.5 Å². The van der Waals surface area contributed by atoms with Gasteiger partial charge in [-0.05, 0) is 38.0 Å². The van der Waals surface area contributed by atoms with E-state index in [1.54, 1.807) is 19.1 Å². The molecule has 1 fully saturated rings. The van der Waals surface area contributed by atoms with Crippen LogP contribution >= 0.6 is 23.2 Å². The first-order chi connectivity index (χ1) is 10.4. The highest BCUT2D eigenvalue weighted by Crippen LogP contribution is 2.26. The van der Waals surface area contributed by atoms with Crippen LogP contribution in [0.1, 0.15) is 30.1 Å². The Hall–Kier alpha value is -1.30. The molecule has 2 rings (SSSR count). The molecule has 2 atom stereocenters. The van der Waals surface area contributed by atoms with Gasteiger partial charge in [-0.2, -0.15) is 0 Å². The molecule has 1 heterocycles. The number of likely N-dealkylation sites (tertiary alicyclic amines) is 1. The largest absolute Gasteiger partial charge is 0.394 e. The predicted molar refractivity (Wildman–Crippen MR) is 85.2 cm³/mol. The number of carbonyl (C=O) groups is 2. The highest BCUT2D eigenvalue weighted by molar-refractivity contribution is 6.35. The first-order valence-corrected chi connectivity index (χ1v) is 7.87. The lowest BCUT2D eigenvalue weighted by atomic mass is 10.1. The SMILES string of the molecule is CC(CO)NC(=O)C1CCCN1C(=O)c1cc(Cl)ccc1Cl. The lowest BCUT2D eigenvalue weighted by molar-refractivity contribution is -0.125. The van der Waals surface area contributed by atoms with Gasteiger partial charge >= 0.3 is 0 Å². The molecule has 2 N–H and O–H groups in total. The fourth-order valence-electron chi connectivity index (χ4n) is 2.48. The first-order valence-electron chi connectivity index (χ1n) is 7.11. The van der Waals surface area contributed by atoms with Crippen LogP contribution in [-0.4, -0.2) is 47.1 Å². The number of amides is 2. The normalized spacial score (nSPS) is 19.1. The Bertz CT molecular complexity index is 580. The summed E-state index contributed by atoms with van der Waals surface area (Å²) in [7, 11) is 0. The van der Waals surface area contributed by atoms with Crippen LogP contribution in [0.4, 0.5) is 0 Å². The lowest BCUT2D eigenvalue weighted by Crippen LogP contribution is -2.49. The number of rotatable bonds is 4. The van der Waals surface area contributed by atoms with E-state index in [9.17, 15) is 9.59 Å². The van der Waals surface area contributed by atoms with E-state index >= 15 is 0 Å². The van der Waals surface area contributed by atoms with Crippen molar-refractivity contribution in [2.24, 2.45) is 0 Å². The predicted octanol–water partition coefficient (Wildman–Crippen LogP) is 2.10. The molecule has 0 aromatic heterocycles. The standard InChI is InChI=1S/C15H18Cl2N2O3/c1-9(8-20)18-14(21)13-3-2-6-19(13)15(22)11-7-10(16)4-5-12(11)17/h4-5,7,9,13,20H,2-3,6,8H2,1H3,(H,18,21). The van der Waals surface area contributed by atoms with Crippen LogP contribution in [0.5, 0.6) is 0 Å². The van der Waals surface area contributed by atoms with Gasteiger partial charge in [-0.15, -0.1) is 0 Å². The van der Waals surface area contributed by atoms with Crippen LogP contribution in [0, 0.1) is 0 Å². The summed E-state index contributed by atoms with van der Waals surface area (Å²) in [6.07, 6.45) is 1.34. The summed E-state index contributed by atoms with van der Waals surface area (Å²) >= 11 is 12.0. The fourth-order valence-corrected chi connectivity index (χ4v) is 2.85. The van der Waals surface area contributed by atoms with Crippen molar-refractivity contribution in [3.63, 3.8) is 0 Å². The van der Waals surface area contributed by atoms with E-state index in [2.05, 4.69) is 5.32 Å². The molecule has 1 saturated heterocycles.